The fraction of sp³-hybridized carbons (Fsp3) is 0.667. The monoisotopic (exact) mass is 538 g/mol. The molecule has 3 heteroatoms. The summed E-state index contributed by atoms with van der Waals surface area (Å²) in [6, 6.07) is 10.2. The number of benzene rings is 2. The number of hydrogen-bond acceptors (Lipinski definition) is 2. The topological polar surface area (TPSA) is 18.5 Å². The van der Waals surface area contributed by atoms with Crippen LogP contribution < -0.4 is 9.47 Å². The molecule has 39 heavy (non-hydrogen) atoms. The largest absolute Gasteiger partial charge is 0.494 e. The third-order valence-corrected chi connectivity index (χ3v) is 8.24. The molecule has 2 aromatic carbocycles. The van der Waals surface area contributed by atoms with Gasteiger partial charge in [0.05, 0.1) is 13.2 Å². The first-order valence-electron chi connectivity index (χ1n) is 16.4. The molecule has 0 N–H and O–H groups in total. The Morgan fingerprint density at radius 3 is 1.67 bits per heavy atom. The van der Waals surface area contributed by atoms with Gasteiger partial charge in [0.25, 0.3) is 0 Å². The molecular weight excluding hydrogens is 483 g/mol. The van der Waals surface area contributed by atoms with Gasteiger partial charge in [-0.15, -0.1) is 0 Å². The summed E-state index contributed by atoms with van der Waals surface area (Å²) in [6.07, 6.45) is 24.9. The minimum atomic E-state index is -0.167. The molecule has 0 saturated heterocycles. The Morgan fingerprint density at radius 1 is 0.564 bits per heavy atom. The number of fused-ring (bicyclic) bond motifs is 3. The zero-order chi connectivity index (χ0) is 27.5. The molecule has 0 fully saturated rings. The standard InChI is InChI=1S/C36H55FO2/c1-3-5-7-9-11-13-15-17-19-27-38-31-22-24-32-30(29-31)21-23-34-33(32)25-26-35(36(34)37)39-28-20-18-16-14-12-10-8-6-4-2/h22,24-26,29H,3-21,23,27-28H2,1-2H3. The van der Waals surface area contributed by atoms with Crippen LogP contribution >= 0.6 is 0 Å². The van der Waals surface area contributed by atoms with Crippen molar-refractivity contribution < 1.29 is 13.9 Å². The van der Waals surface area contributed by atoms with Crippen LogP contribution in [0.4, 0.5) is 4.39 Å². The van der Waals surface area contributed by atoms with E-state index in [1.54, 1.807) is 0 Å². The minimum absolute atomic E-state index is 0.167. The second-order valence-electron chi connectivity index (χ2n) is 11.6. The molecule has 0 atom stereocenters. The maximum Gasteiger partial charge on any atom is 0.168 e. The molecule has 0 radical (unpaired) electrons. The van der Waals surface area contributed by atoms with Gasteiger partial charge in [-0.3, -0.25) is 0 Å². The normalized spacial score (nSPS) is 12.3. The van der Waals surface area contributed by atoms with Gasteiger partial charge in [0, 0.05) is 0 Å². The molecule has 0 bridgehead atoms. The van der Waals surface area contributed by atoms with E-state index in [1.165, 1.54) is 102 Å². The SMILES string of the molecule is CCCCCCCCCCCOc1ccc2c(c1)CCc1c-2ccc(OCCCCCCCCCCC)c1F. The van der Waals surface area contributed by atoms with Crippen molar-refractivity contribution in [3.8, 4) is 22.6 Å². The first-order valence-corrected chi connectivity index (χ1v) is 16.4. The van der Waals surface area contributed by atoms with Crippen LogP contribution in [0.1, 0.15) is 141 Å². The van der Waals surface area contributed by atoms with Crippen molar-refractivity contribution in [2.45, 2.75) is 142 Å². The van der Waals surface area contributed by atoms with E-state index in [0.717, 1.165) is 54.7 Å². The Bertz CT molecular complexity index is 938. The molecule has 2 aromatic rings. The van der Waals surface area contributed by atoms with E-state index >= 15 is 4.39 Å². The van der Waals surface area contributed by atoms with Crippen molar-refractivity contribution in [1.82, 2.24) is 0 Å². The van der Waals surface area contributed by atoms with Crippen molar-refractivity contribution in [1.29, 1.82) is 0 Å². The van der Waals surface area contributed by atoms with Gasteiger partial charge in [0.15, 0.2) is 11.6 Å². The van der Waals surface area contributed by atoms with Crippen molar-refractivity contribution in [3.63, 3.8) is 0 Å². The lowest BCUT2D eigenvalue weighted by molar-refractivity contribution is 0.289. The molecule has 218 valence electrons. The summed E-state index contributed by atoms with van der Waals surface area (Å²) in [4.78, 5) is 0. The third-order valence-electron chi connectivity index (χ3n) is 8.24. The molecule has 0 unspecified atom stereocenters. The fourth-order valence-electron chi connectivity index (χ4n) is 5.79. The molecule has 0 aliphatic heterocycles. The van der Waals surface area contributed by atoms with E-state index in [-0.39, 0.29) is 5.82 Å². The molecule has 0 spiro atoms. The first kappa shape index (κ1) is 31.5. The van der Waals surface area contributed by atoms with Crippen LogP contribution in [-0.4, -0.2) is 13.2 Å². The van der Waals surface area contributed by atoms with Gasteiger partial charge in [0.1, 0.15) is 5.75 Å². The van der Waals surface area contributed by atoms with E-state index in [4.69, 9.17) is 9.47 Å². The molecule has 1 aliphatic carbocycles. The Hall–Kier alpha value is -2.03. The van der Waals surface area contributed by atoms with Gasteiger partial charge in [-0.1, -0.05) is 129 Å². The van der Waals surface area contributed by atoms with Crippen LogP contribution in [0.25, 0.3) is 11.1 Å². The highest BCUT2D eigenvalue weighted by Crippen LogP contribution is 2.39. The zero-order valence-corrected chi connectivity index (χ0v) is 25.1. The van der Waals surface area contributed by atoms with E-state index in [2.05, 4.69) is 26.0 Å². The Morgan fingerprint density at radius 2 is 1.08 bits per heavy atom. The van der Waals surface area contributed by atoms with Crippen LogP contribution in [0.2, 0.25) is 0 Å². The second kappa shape index (κ2) is 19.1. The van der Waals surface area contributed by atoms with Crippen LogP contribution in [0, 0.1) is 5.82 Å². The number of halogens is 1. The van der Waals surface area contributed by atoms with Crippen molar-refractivity contribution in [2.24, 2.45) is 0 Å². The predicted molar refractivity (Wildman–Crippen MR) is 165 cm³/mol. The smallest absolute Gasteiger partial charge is 0.168 e. The van der Waals surface area contributed by atoms with Crippen molar-refractivity contribution >= 4 is 0 Å². The summed E-state index contributed by atoms with van der Waals surface area (Å²) in [5.74, 6) is 1.19. The molecule has 2 nitrogen and oxygen atoms in total. The second-order valence-corrected chi connectivity index (χ2v) is 11.6. The molecule has 0 amide bonds. The zero-order valence-electron chi connectivity index (χ0n) is 25.1. The van der Waals surface area contributed by atoms with Crippen LogP contribution in [-0.2, 0) is 12.8 Å². The summed E-state index contributed by atoms with van der Waals surface area (Å²) in [7, 11) is 0. The Kier molecular flexibility index (Phi) is 15.4. The molecule has 0 heterocycles. The molecule has 1 aliphatic rings. The summed E-state index contributed by atoms with van der Waals surface area (Å²) in [6.45, 7) is 5.91. The van der Waals surface area contributed by atoms with Gasteiger partial charge in [-0.25, -0.2) is 4.39 Å². The van der Waals surface area contributed by atoms with Crippen LogP contribution in [0.3, 0.4) is 0 Å². The number of rotatable bonds is 22. The maximum absolute atomic E-state index is 15.3. The van der Waals surface area contributed by atoms with Crippen molar-refractivity contribution in [3.05, 3.63) is 47.3 Å². The lowest BCUT2D eigenvalue weighted by Crippen LogP contribution is -2.09. The number of hydrogen-bond donors (Lipinski definition) is 0. The van der Waals surface area contributed by atoms with E-state index in [0.29, 0.717) is 18.8 Å². The summed E-state index contributed by atoms with van der Waals surface area (Å²) >= 11 is 0. The van der Waals surface area contributed by atoms with Gasteiger partial charge < -0.3 is 9.47 Å². The summed E-state index contributed by atoms with van der Waals surface area (Å²) in [5, 5.41) is 0. The quantitative estimate of drug-likeness (QED) is 0.139. The van der Waals surface area contributed by atoms with Crippen molar-refractivity contribution in [2.75, 3.05) is 13.2 Å². The first-order chi connectivity index (χ1) is 19.2. The maximum atomic E-state index is 15.3. The predicted octanol–water partition coefficient (Wildman–Crippen LogP) is 11.4. The lowest BCUT2D eigenvalue weighted by Gasteiger charge is -2.22. The average molecular weight is 539 g/mol. The molecule has 0 aromatic heterocycles. The third kappa shape index (κ3) is 11.2. The van der Waals surface area contributed by atoms with Gasteiger partial charge in [-0.05, 0) is 66.1 Å². The molecule has 3 rings (SSSR count). The summed E-state index contributed by atoms with van der Waals surface area (Å²) < 4.78 is 27.3. The van der Waals surface area contributed by atoms with Gasteiger partial charge in [-0.2, -0.15) is 0 Å². The number of ether oxygens (including phenoxy) is 2. The van der Waals surface area contributed by atoms with E-state index in [9.17, 15) is 0 Å². The highest BCUT2D eigenvalue weighted by Gasteiger charge is 2.22. The highest BCUT2D eigenvalue weighted by molar-refractivity contribution is 5.75. The summed E-state index contributed by atoms with van der Waals surface area (Å²) in [5.41, 5.74) is 4.20. The minimum Gasteiger partial charge on any atom is -0.494 e. The average Bonchev–Trinajstić information content (AvgIpc) is 2.95. The lowest BCUT2D eigenvalue weighted by atomic mass is 9.85. The van der Waals surface area contributed by atoms with Crippen LogP contribution in [0.15, 0.2) is 30.3 Å². The number of unbranched alkanes of at least 4 members (excludes halogenated alkanes) is 16. The van der Waals surface area contributed by atoms with E-state index < -0.39 is 0 Å². The molecule has 0 saturated carbocycles. The van der Waals surface area contributed by atoms with Crippen LogP contribution in [0.5, 0.6) is 11.5 Å². The fourth-order valence-corrected chi connectivity index (χ4v) is 5.79. The highest BCUT2D eigenvalue weighted by atomic mass is 19.1. The van der Waals surface area contributed by atoms with Gasteiger partial charge in [0.2, 0.25) is 0 Å². The van der Waals surface area contributed by atoms with Gasteiger partial charge >= 0.3 is 0 Å². The molecular formula is C36H55FO2. The Balaban J connectivity index is 1.37. The Labute approximate surface area is 239 Å². The number of aryl methyl sites for hydroxylation is 1. The van der Waals surface area contributed by atoms with E-state index in [1.807, 2.05) is 18.2 Å².